The molecule has 0 aliphatic rings. The van der Waals surface area contributed by atoms with E-state index in [0.717, 1.165) is 11.4 Å². The van der Waals surface area contributed by atoms with Crippen molar-refractivity contribution >= 4 is 29.1 Å². The van der Waals surface area contributed by atoms with Crippen LogP contribution < -0.4 is 16.0 Å². The fourth-order valence-corrected chi connectivity index (χ4v) is 2.51. The summed E-state index contributed by atoms with van der Waals surface area (Å²) in [5, 5.41) is 8.59. The Morgan fingerprint density at radius 3 is 2.21 bits per heavy atom. The van der Waals surface area contributed by atoms with Crippen LogP contribution in [-0.2, 0) is 11.3 Å². The summed E-state index contributed by atoms with van der Waals surface area (Å²) in [6.07, 6.45) is 1.70. The zero-order chi connectivity index (χ0) is 20.5. The fourth-order valence-electron chi connectivity index (χ4n) is 2.51. The fraction of sp³-hybridized carbons (Fsp3) is 0.0909. The summed E-state index contributed by atoms with van der Waals surface area (Å²) in [6, 6.07) is 21.7. The number of hydrogen-bond acceptors (Lipinski definition) is 4. The molecule has 7 heteroatoms. The molecule has 146 valence electrons. The van der Waals surface area contributed by atoms with E-state index >= 15 is 0 Å². The van der Waals surface area contributed by atoms with E-state index < -0.39 is 0 Å². The Morgan fingerprint density at radius 2 is 1.55 bits per heavy atom. The van der Waals surface area contributed by atoms with Gasteiger partial charge in [0, 0.05) is 30.1 Å². The van der Waals surface area contributed by atoms with Gasteiger partial charge in [0.25, 0.3) is 5.91 Å². The number of nitrogens with one attached hydrogen (secondary N) is 3. The van der Waals surface area contributed by atoms with E-state index in [0.29, 0.717) is 23.8 Å². The van der Waals surface area contributed by atoms with Crippen LogP contribution in [0, 0.1) is 0 Å². The number of carbonyl (C=O) groups excluding carboxylic acids is 2. The van der Waals surface area contributed by atoms with Gasteiger partial charge in [-0.25, -0.2) is 4.99 Å². The molecule has 29 heavy (non-hydrogen) atoms. The SMILES string of the molecule is CC(=O)Nc1ccc(C(=O)NC(=NCc2ccccn2)Nc2ccccc2)cc1. The number of para-hydroxylation sites is 1. The van der Waals surface area contributed by atoms with E-state index in [1.807, 2.05) is 48.5 Å². The number of nitrogens with zero attached hydrogens (tertiary/aromatic N) is 2. The second-order valence-corrected chi connectivity index (χ2v) is 6.19. The van der Waals surface area contributed by atoms with Crippen LogP contribution in [0.15, 0.2) is 84.0 Å². The van der Waals surface area contributed by atoms with Crippen molar-refractivity contribution in [3.63, 3.8) is 0 Å². The Labute approximate surface area is 168 Å². The molecule has 0 aliphatic carbocycles. The Kier molecular flexibility index (Phi) is 6.67. The number of pyridine rings is 1. The van der Waals surface area contributed by atoms with Crippen molar-refractivity contribution in [3.05, 3.63) is 90.3 Å². The molecule has 0 atom stereocenters. The van der Waals surface area contributed by atoms with Crippen LogP contribution in [0.25, 0.3) is 0 Å². The Morgan fingerprint density at radius 1 is 0.862 bits per heavy atom. The van der Waals surface area contributed by atoms with Crippen molar-refractivity contribution in [2.45, 2.75) is 13.5 Å². The molecule has 1 aromatic heterocycles. The van der Waals surface area contributed by atoms with Gasteiger partial charge in [-0.05, 0) is 48.5 Å². The van der Waals surface area contributed by atoms with Gasteiger partial charge in [-0.3, -0.25) is 19.9 Å². The van der Waals surface area contributed by atoms with E-state index in [1.165, 1.54) is 6.92 Å². The zero-order valence-electron chi connectivity index (χ0n) is 15.9. The highest BCUT2D eigenvalue weighted by molar-refractivity contribution is 6.10. The summed E-state index contributed by atoms with van der Waals surface area (Å²) < 4.78 is 0. The predicted molar refractivity (Wildman–Crippen MR) is 114 cm³/mol. The van der Waals surface area contributed by atoms with E-state index in [2.05, 4.69) is 25.9 Å². The van der Waals surface area contributed by atoms with Gasteiger partial charge >= 0.3 is 0 Å². The predicted octanol–water partition coefficient (Wildman–Crippen LogP) is 3.44. The lowest BCUT2D eigenvalue weighted by Crippen LogP contribution is -2.36. The van der Waals surface area contributed by atoms with Gasteiger partial charge in [-0.2, -0.15) is 0 Å². The van der Waals surface area contributed by atoms with Crippen LogP contribution in [0.1, 0.15) is 23.0 Å². The molecule has 0 radical (unpaired) electrons. The van der Waals surface area contributed by atoms with E-state index in [9.17, 15) is 9.59 Å². The third-order valence-corrected chi connectivity index (χ3v) is 3.86. The quantitative estimate of drug-likeness (QED) is 0.462. The van der Waals surface area contributed by atoms with Crippen molar-refractivity contribution < 1.29 is 9.59 Å². The summed E-state index contributed by atoms with van der Waals surface area (Å²) in [5.41, 5.74) is 2.65. The smallest absolute Gasteiger partial charge is 0.257 e. The molecule has 3 aromatic rings. The van der Waals surface area contributed by atoms with Crippen LogP contribution in [0.2, 0.25) is 0 Å². The molecule has 2 aromatic carbocycles. The van der Waals surface area contributed by atoms with Crippen LogP contribution in [0.5, 0.6) is 0 Å². The summed E-state index contributed by atoms with van der Waals surface area (Å²) >= 11 is 0. The molecule has 0 fully saturated rings. The van der Waals surface area contributed by atoms with Crippen molar-refractivity contribution in [3.8, 4) is 0 Å². The molecule has 3 N–H and O–H groups in total. The van der Waals surface area contributed by atoms with Gasteiger partial charge < -0.3 is 10.6 Å². The molecular formula is C22H21N5O2. The van der Waals surface area contributed by atoms with Gasteiger partial charge in [0.05, 0.1) is 12.2 Å². The standard InChI is InChI=1S/C22H21N5O2/c1-16(28)25-19-12-10-17(11-13-19)21(29)27-22(26-18-7-3-2-4-8-18)24-15-20-9-5-6-14-23-20/h2-14H,15H2,1H3,(H,25,28)(H2,24,26,27,29). The monoisotopic (exact) mass is 387 g/mol. The average Bonchev–Trinajstić information content (AvgIpc) is 2.73. The van der Waals surface area contributed by atoms with Gasteiger partial charge in [0.1, 0.15) is 0 Å². The average molecular weight is 387 g/mol. The van der Waals surface area contributed by atoms with E-state index in [-0.39, 0.29) is 11.8 Å². The highest BCUT2D eigenvalue weighted by Gasteiger charge is 2.10. The first kappa shape index (κ1) is 19.8. The summed E-state index contributed by atoms with van der Waals surface area (Å²) in [7, 11) is 0. The Bertz CT molecular complexity index is 987. The molecule has 0 spiro atoms. The Balaban J connectivity index is 1.74. The second kappa shape index (κ2) is 9.80. The second-order valence-electron chi connectivity index (χ2n) is 6.19. The maximum absolute atomic E-state index is 12.7. The number of hydrogen-bond donors (Lipinski definition) is 3. The first-order chi connectivity index (χ1) is 14.1. The van der Waals surface area contributed by atoms with Gasteiger partial charge in [0.15, 0.2) is 0 Å². The number of anilines is 2. The number of guanidine groups is 1. The largest absolute Gasteiger partial charge is 0.326 e. The third kappa shape index (κ3) is 6.28. The summed E-state index contributed by atoms with van der Waals surface area (Å²) in [6.45, 7) is 1.75. The number of amides is 2. The van der Waals surface area contributed by atoms with E-state index in [4.69, 9.17) is 0 Å². The van der Waals surface area contributed by atoms with Crippen molar-refractivity contribution in [2.24, 2.45) is 4.99 Å². The molecule has 7 nitrogen and oxygen atoms in total. The zero-order valence-corrected chi connectivity index (χ0v) is 15.9. The van der Waals surface area contributed by atoms with Crippen LogP contribution in [0.4, 0.5) is 11.4 Å². The highest BCUT2D eigenvalue weighted by atomic mass is 16.2. The topological polar surface area (TPSA) is 95.5 Å². The van der Waals surface area contributed by atoms with Crippen molar-refractivity contribution in [2.75, 3.05) is 10.6 Å². The van der Waals surface area contributed by atoms with Crippen LogP contribution in [-0.4, -0.2) is 22.8 Å². The van der Waals surface area contributed by atoms with Gasteiger partial charge in [-0.15, -0.1) is 0 Å². The Hall–Kier alpha value is -4.00. The highest BCUT2D eigenvalue weighted by Crippen LogP contribution is 2.10. The molecule has 0 bridgehead atoms. The van der Waals surface area contributed by atoms with E-state index in [1.54, 1.807) is 30.5 Å². The first-order valence-electron chi connectivity index (χ1n) is 9.05. The number of rotatable bonds is 5. The summed E-state index contributed by atoms with van der Waals surface area (Å²) in [5.74, 6) is -0.168. The summed E-state index contributed by atoms with van der Waals surface area (Å²) in [4.78, 5) is 32.5. The van der Waals surface area contributed by atoms with Crippen LogP contribution >= 0.6 is 0 Å². The lowest BCUT2D eigenvalue weighted by atomic mass is 10.2. The number of carbonyl (C=O) groups is 2. The normalized spacial score (nSPS) is 10.9. The molecule has 3 rings (SSSR count). The minimum Gasteiger partial charge on any atom is -0.326 e. The molecular weight excluding hydrogens is 366 g/mol. The van der Waals surface area contributed by atoms with Gasteiger partial charge in [0.2, 0.25) is 11.9 Å². The number of aliphatic imine (C=N–C) groups is 1. The minimum absolute atomic E-state index is 0.168. The first-order valence-corrected chi connectivity index (χ1v) is 9.05. The lowest BCUT2D eigenvalue weighted by Gasteiger charge is -2.12. The number of aromatic nitrogens is 1. The minimum atomic E-state index is -0.317. The molecule has 0 saturated heterocycles. The third-order valence-electron chi connectivity index (χ3n) is 3.86. The lowest BCUT2D eigenvalue weighted by molar-refractivity contribution is -0.114. The maximum atomic E-state index is 12.7. The van der Waals surface area contributed by atoms with Crippen molar-refractivity contribution in [1.29, 1.82) is 0 Å². The van der Waals surface area contributed by atoms with Crippen LogP contribution in [0.3, 0.4) is 0 Å². The van der Waals surface area contributed by atoms with Crippen molar-refractivity contribution in [1.82, 2.24) is 10.3 Å². The maximum Gasteiger partial charge on any atom is 0.257 e. The molecule has 1 heterocycles. The molecule has 0 unspecified atom stereocenters. The molecule has 2 amide bonds. The van der Waals surface area contributed by atoms with Gasteiger partial charge in [-0.1, -0.05) is 24.3 Å². The molecule has 0 aliphatic heterocycles. The number of benzene rings is 2. The molecule has 0 saturated carbocycles.